The molecule has 1 aromatic heterocycles. The molecule has 0 radical (unpaired) electrons. The van der Waals surface area contributed by atoms with E-state index in [0.29, 0.717) is 5.69 Å². The number of aromatic nitrogens is 2. The van der Waals surface area contributed by atoms with Crippen LogP contribution in [0.25, 0.3) is 5.69 Å². The molecule has 0 saturated carbocycles. The number of rotatable bonds is 5. The van der Waals surface area contributed by atoms with Gasteiger partial charge in [-0.2, -0.15) is 5.10 Å². The molecule has 0 aliphatic carbocycles. The Morgan fingerprint density at radius 1 is 1.11 bits per heavy atom. The summed E-state index contributed by atoms with van der Waals surface area (Å²) in [5.74, 6) is -2.38. The maximum atomic E-state index is 13.2. The molecule has 0 aliphatic heterocycles. The van der Waals surface area contributed by atoms with E-state index in [1.165, 1.54) is 47.1 Å². The third-order valence-electron chi connectivity index (χ3n) is 3.76. The van der Waals surface area contributed by atoms with Gasteiger partial charge in [0.15, 0.2) is 12.4 Å². The molecule has 27 heavy (non-hydrogen) atoms. The Morgan fingerprint density at radius 3 is 2.48 bits per heavy atom. The molecule has 1 heterocycles. The van der Waals surface area contributed by atoms with Gasteiger partial charge in [0.25, 0.3) is 0 Å². The lowest BCUT2D eigenvalue weighted by atomic mass is 10.1. The summed E-state index contributed by atoms with van der Waals surface area (Å²) in [6.07, 6.45) is 0. The fourth-order valence-electron chi connectivity index (χ4n) is 2.43. The third-order valence-corrected chi connectivity index (χ3v) is 4.11. The van der Waals surface area contributed by atoms with Gasteiger partial charge in [-0.3, -0.25) is 4.79 Å². The summed E-state index contributed by atoms with van der Waals surface area (Å²) in [7, 11) is 0. The lowest BCUT2D eigenvalue weighted by molar-refractivity contribution is 0.0474. The molecule has 0 N–H and O–H groups in total. The van der Waals surface area contributed by atoms with E-state index in [9.17, 15) is 18.4 Å². The van der Waals surface area contributed by atoms with Crippen LogP contribution in [-0.4, -0.2) is 28.1 Å². The van der Waals surface area contributed by atoms with Gasteiger partial charge in [0.2, 0.25) is 0 Å². The molecule has 0 amide bonds. The van der Waals surface area contributed by atoms with Crippen LogP contribution in [0.2, 0.25) is 5.15 Å². The number of hydrogen-bond donors (Lipinski definition) is 0. The zero-order chi connectivity index (χ0) is 19.6. The van der Waals surface area contributed by atoms with Gasteiger partial charge in [0.1, 0.15) is 22.4 Å². The topological polar surface area (TPSA) is 61.2 Å². The van der Waals surface area contributed by atoms with Gasteiger partial charge in [-0.15, -0.1) is 0 Å². The SMILES string of the molecule is Cc1nn(-c2ccc(F)cc2)c(Cl)c1C(=O)OCC(=O)c1cccc(F)c1. The Kier molecular flexibility index (Phi) is 5.32. The summed E-state index contributed by atoms with van der Waals surface area (Å²) < 4.78 is 32.5. The molecule has 3 rings (SSSR count). The largest absolute Gasteiger partial charge is 0.454 e. The fraction of sp³-hybridized carbons (Fsp3) is 0.105. The third kappa shape index (κ3) is 4.03. The number of halogens is 3. The van der Waals surface area contributed by atoms with Crippen LogP contribution in [0.4, 0.5) is 8.78 Å². The summed E-state index contributed by atoms with van der Waals surface area (Å²) in [5, 5.41) is 4.13. The molecule has 0 fully saturated rings. The molecule has 0 bridgehead atoms. The number of aryl methyl sites for hydroxylation is 1. The number of benzene rings is 2. The maximum absolute atomic E-state index is 13.2. The maximum Gasteiger partial charge on any atom is 0.343 e. The van der Waals surface area contributed by atoms with Crippen molar-refractivity contribution < 1.29 is 23.1 Å². The van der Waals surface area contributed by atoms with Crippen molar-refractivity contribution in [3.05, 3.63) is 82.1 Å². The highest BCUT2D eigenvalue weighted by molar-refractivity contribution is 6.33. The van der Waals surface area contributed by atoms with Gasteiger partial charge < -0.3 is 4.74 Å². The van der Waals surface area contributed by atoms with Gasteiger partial charge in [0, 0.05) is 5.56 Å². The molecule has 8 heteroatoms. The Bertz CT molecular complexity index is 1020. The zero-order valence-corrected chi connectivity index (χ0v) is 14.8. The van der Waals surface area contributed by atoms with Crippen LogP contribution >= 0.6 is 11.6 Å². The van der Waals surface area contributed by atoms with Gasteiger partial charge >= 0.3 is 5.97 Å². The number of Topliss-reactive ketones (excluding diaryl/α,β-unsaturated/α-hetero) is 1. The normalized spacial score (nSPS) is 10.7. The standard InChI is InChI=1S/C19H13ClF2N2O3/c1-11-17(18(20)24(23-11)15-7-5-13(21)6-8-15)19(26)27-10-16(25)12-3-2-4-14(22)9-12/h2-9H,10H2,1H3. The molecule has 3 aromatic rings. The molecule has 0 unspecified atom stereocenters. The zero-order valence-electron chi connectivity index (χ0n) is 14.1. The molecular formula is C19H13ClF2N2O3. The minimum Gasteiger partial charge on any atom is -0.454 e. The summed E-state index contributed by atoms with van der Waals surface area (Å²) in [4.78, 5) is 24.4. The van der Waals surface area contributed by atoms with E-state index in [2.05, 4.69) is 5.10 Å². The fourth-order valence-corrected chi connectivity index (χ4v) is 2.78. The number of nitrogens with zero attached hydrogens (tertiary/aromatic N) is 2. The van der Waals surface area contributed by atoms with Gasteiger partial charge in [-0.25, -0.2) is 18.3 Å². The van der Waals surface area contributed by atoms with Crippen molar-refractivity contribution in [3.8, 4) is 5.69 Å². The molecule has 0 spiro atoms. The Hall–Kier alpha value is -3.06. The van der Waals surface area contributed by atoms with Crippen LogP contribution in [0.1, 0.15) is 26.4 Å². The van der Waals surface area contributed by atoms with E-state index in [1.807, 2.05) is 0 Å². The van der Waals surface area contributed by atoms with E-state index in [0.717, 1.165) is 6.07 Å². The summed E-state index contributed by atoms with van der Waals surface area (Å²) in [5.41, 5.74) is 0.826. The van der Waals surface area contributed by atoms with E-state index in [4.69, 9.17) is 16.3 Å². The average molecular weight is 391 g/mol. The van der Waals surface area contributed by atoms with Crippen molar-refractivity contribution in [3.63, 3.8) is 0 Å². The second kappa shape index (κ2) is 7.67. The van der Waals surface area contributed by atoms with Crippen LogP contribution in [-0.2, 0) is 4.74 Å². The highest BCUT2D eigenvalue weighted by Gasteiger charge is 2.23. The number of carbonyl (C=O) groups excluding carboxylic acids is 2. The van der Waals surface area contributed by atoms with Crippen LogP contribution in [0, 0.1) is 18.6 Å². The summed E-state index contributed by atoms with van der Waals surface area (Å²) >= 11 is 6.22. The summed E-state index contributed by atoms with van der Waals surface area (Å²) in [6, 6.07) is 10.4. The molecule has 2 aromatic carbocycles. The van der Waals surface area contributed by atoms with E-state index < -0.39 is 30.0 Å². The first-order valence-corrected chi connectivity index (χ1v) is 8.21. The molecule has 138 valence electrons. The molecule has 0 aliphatic rings. The predicted octanol–water partition coefficient (Wildman–Crippen LogP) is 4.15. The molecule has 0 atom stereocenters. The van der Waals surface area contributed by atoms with Gasteiger partial charge in [-0.05, 0) is 43.3 Å². The lowest BCUT2D eigenvalue weighted by Crippen LogP contribution is -2.15. The first kappa shape index (κ1) is 18.7. The van der Waals surface area contributed by atoms with E-state index in [1.54, 1.807) is 6.92 Å². The second-order valence-corrected chi connectivity index (χ2v) is 6.01. The van der Waals surface area contributed by atoms with Gasteiger partial charge in [0.05, 0.1) is 11.4 Å². The van der Waals surface area contributed by atoms with Crippen molar-refractivity contribution in [2.45, 2.75) is 6.92 Å². The van der Waals surface area contributed by atoms with Gasteiger partial charge in [-0.1, -0.05) is 23.7 Å². The predicted molar refractivity (Wildman–Crippen MR) is 94.3 cm³/mol. The second-order valence-electron chi connectivity index (χ2n) is 5.65. The number of esters is 1. The summed E-state index contributed by atoms with van der Waals surface area (Å²) in [6.45, 7) is 0.983. The Morgan fingerprint density at radius 2 is 1.81 bits per heavy atom. The van der Waals surface area contributed by atoms with E-state index >= 15 is 0 Å². The average Bonchev–Trinajstić information content (AvgIpc) is 2.94. The van der Waals surface area contributed by atoms with Crippen LogP contribution in [0.3, 0.4) is 0 Å². The lowest BCUT2D eigenvalue weighted by Gasteiger charge is -2.05. The van der Waals surface area contributed by atoms with Crippen molar-refractivity contribution in [2.75, 3.05) is 6.61 Å². The van der Waals surface area contributed by atoms with Crippen molar-refractivity contribution in [2.24, 2.45) is 0 Å². The minimum absolute atomic E-state index is 0.00645. The number of ketones is 1. The quantitative estimate of drug-likeness (QED) is 0.485. The molecule has 5 nitrogen and oxygen atoms in total. The Labute approximate surface area is 158 Å². The van der Waals surface area contributed by atoms with Crippen LogP contribution < -0.4 is 0 Å². The highest BCUT2D eigenvalue weighted by Crippen LogP contribution is 2.24. The molecule has 0 saturated heterocycles. The van der Waals surface area contributed by atoms with E-state index in [-0.39, 0.29) is 22.0 Å². The monoisotopic (exact) mass is 390 g/mol. The van der Waals surface area contributed by atoms with Crippen molar-refractivity contribution >= 4 is 23.4 Å². The highest BCUT2D eigenvalue weighted by atomic mass is 35.5. The number of ether oxygens (including phenoxy) is 1. The van der Waals surface area contributed by atoms with Crippen LogP contribution in [0.5, 0.6) is 0 Å². The first-order chi connectivity index (χ1) is 12.9. The first-order valence-electron chi connectivity index (χ1n) is 7.84. The van der Waals surface area contributed by atoms with Crippen molar-refractivity contribution in [1.29, 1.82) is 0 Å². The minimum atomic E-state index is -0.837. The van der Waals surface area contributed by atoms with Crippen LogP contribution in [0.15, 0.2) is 48.5 Å². The smallest absolute Gasteiger partial charge is 0.343 e. The number of hydrogen-bond acceptors (Lipinski definition) is 4. The Balaban J connectivity index is 1.77. The van der Waals surface area contributed by atoms with Crippen molar-refractivity contribution in [1.82, 2.24) is 9.78 Å². The molecular weight excluding hydrogens is 378 g/mol. The number of carbonyl (C=O) groups is 2.